The predicted octanol–water partition coefficient (Wildman–Crippen LogP) is 4.19. The first-order valence-corrected chi connectivity index (χ1v) is 7.60. The number of thiophene rings is 1. The molecule has 0 fully saturated rings. The number of halogens is 1. The van der Waals surface area contributed by atoms with Gasteiger partial charge in [0, 0.05) is 19.7 Å². The van der Waals surface area contributed by atoms with Gasteiger partial charge in [0.15, 0.2) is 0 Å². The third-order valence-corrected chi connectivity index (χ3v) is 4.96. The Morgan fingerprint density at radius 1 is 1.18 bits per heavy atom. The molecule has 0 aliphatic heterocycles. The standard InChI is InChI=1S/C14H15IOS/c1-2-10-7-8-11(17-10)9-14(16)12-5-3-4-6-13(12)15/h3-8,14,16H,2,9H2,1H3. The molecule has 17 heavy (non-hydrogen) atoms. The fourth-order valence-corrected chi connectivity index (χ4v) is 3.51. The van der Waals surface area contributed by atoms with Crippen LogP contribution in [0.25, 0.3) is 0 Å². The van der Waals surface area contributed by atoms with Crippen molar-refractivity contribution in [2.75, 3.05) is 0 Å². The molecule has 1 aromatic carbocycles. The summed E-state index contributed by atoms with van der Waals surface area (Å²) < 4.78 is 1.13. The van der Waals surface area contributed by atoms with E-state index in [9.17, 15) is 5.11 Å². The highest BCUT2D eigenvalue weighted by atomic mass is 127. The predicted molar refractivity (Wildman–Crippen MR) is 81.5 cm³/mol. The zero-order valence-corrected chi connectivity index (χ0v) is 12.7. The summed E-state index contributed by atoms with van der Waals surface area (Å²) in [4.78, 5) is 2.64. The Bertz CT molecular complexity index is 492. The summed E-state index contributed by atoms with van der Waals surface area (Å²) in [5.74, 6) is 0. The van der Waals surface area contributed by atoms with Crippen molar-refractivity contribution in [3.63, 3.8) is 0 Å². The third kappa shape index (κ3) is 3.30. The van der Waals surface area contributed by atoms with Crippen LogP contribution in [0, 0.1) is 3.57 Å². The zero-order valence-electron chi connectivity index (χ0n) is 9.69. The number of aryl methyl sites for hydroxylation is 1. The first kappa shape index (κ1) is 13.1. The molecule has 1 unspecified atom stereocenters. The molecule has 1 N–H and O–H groups in total. The first-order chi connectivity index (χ1) is 8.20. The number of rotatable bonds is 4. The average Bonchev–Trinajstić information content (AvgIpc) is 2.77. The highest BCUT2D eigenvalue weighted by Gasteiger charge is 2.12. The maximum atomic E-state index is 10.2. The van der Waals surface area contributed by atoms with Crippen LogP contribution in [0.5, 0.6) is 0 Å². The molecule has 0 aliphatic rings. The Morgan fingerprint density at radius 3 is 2.53 bits per heavy atom. The lowest BCUT2D eigenvalue weighted by molar-refractivity contribution is 0.178. The van der Waals surface area contributed by atoms with E-state index in [4.69, 9.17) is 0 Å². The first-order valence-electron chi connectivity index (χ1n) is 5.70. The van der Waals surface area contributed by atoms with Crippen LogP contribution in [-0.2, 0) is 12.8 Å². The van der Waals surface area contributed by atoms with Gasteiger partial charge >= 0.3 is 0 Å². The number of benzene rings is 1. The molecule has 0 amide bonds. The van der Waals surface area contributed by atoms with E-state index in [1.165, 1.54) is 9.75 Å². The third-order valence-electron chi connectivity index (χ3n) is 2.72. The maximum absolute atomic E-state index is 10.2. The van der Waals surface area contributed by atoms with Crippen molar-refractivity contribution in [2.45, 2.75) is 25.9 Å². The van der Waals surface area contributed by atoms with E-state index >= 15 is 0 Å². The number of aliphatic hydroxyl groups is 1. The van der Waals surface area contributed by atoms with Crippen LogP contribution in [0.4, 0.5) is 0 Å². The van der Waals surface area contributed by atoms with Crippen molar-refractivity contribution in [1.82, 2.24) is 0 Å². The molecule has 0 bridgehead atoms. The minimum Gasteiger partial charge on any atom is -0.388 e. The van der Waals surface area contributed by atoms with Crippen LogP contribution < -0.4 is 0 Å². The van der Waals surface area contributed by atoms with E-state index in [-0.39, 0.29) is 0 Å². The molecule has 2 aromatic rings. The van der Waals surface area contributed by atoms with Gasteiger partial charge in [-0.05, 0) is 52.8 Å². The highest BCUT2D eigenvalue weighted by molar-refractivity contribution is 14.1. The van der Waals surface area contributed by atoms with E-state index in [0.717, 1.165) is 15.6 Å². The Kier molecular flexibility index (Phi) is 4.59. The van der Waals surface area contributed by atoms with Crippen molar-refractivity contribution < 1.29 is 5.11 Å². The lowest BCUT2D eigenvalue weighted by Gasteiger charge is -2.11. The summed E-state index contributed by atoms with van der Waals surface area (Å²) in [5, 5.41) is 10.2. The number of hydrogen-bond acceptors (Lipinski definition) is 2. The molecule has 1 heterocycles. The molecule has 1 atom stereocenters. The molecule has 0 radical (unpaired) electrons. The molecule has 0 aliphatic carbocycles. The molecule has 2 rings (SSSR count). The van der Waals surface area contributed by atoms with Crippen molar-refractivity contribution in [1.29, 1.82) is 0 Å². The molecule has 1 aromatic heterocycles. The summed E-state index contributed by atoms with van der Waals surface area (Å²) in [5.41, 5.74) is 1.03. The Balaban J connectivity index is 2.11. The maximum Gasteiger partial charge on any atom is 0.0848 e. The van der Waals surface area contributed by atoms with Gasteiger partial charge in [-0.3, -0.25) is 0 Å². The van der Waals surface area contributed by atoms with E-state index < -0.39 is 6.10 Å². The summed E-state index contributed by atoms with van der Waals surface area (Å²) in [6, 6.07) is 12.3. The van der Waals surface area contributed by atoms with Gasteiger partial charge in [-0.2, -0.15) is 0 Å². The molecular formula is C14H15IOS. The smallest absolute Gasteiger partial charge is 0.0848 e. The van der Waals surface area contributed by atoms with Gasteiger partial charge in [0.1, 0.15) is 0 Å². The summed E-state index contributed by atoms with van der Waals surface area (Å²) >= 11 is 4.07. The topological polar surface area (TPSA) is 20.2 Å². The second-order valence-electron chi connectivity index (χ2n) is 3.96. The van der Waals surface area contributed by atoms with Crippen LogP contribution in [0.3, 0.4) is 0 Å². The highest BCUT2D eigenvalue weighted by Crippen LogP contribution is 2.26. The van der Waals surface area contributed by atoms with Crippen molar-refractivity contribution in [3.8, 4) is 0 Å². The lowest BCUT2D eigenvalue weighted by atomic mass is 10.1. The molecule has 90 valence electrons. The van der Waals surface area contributed by atoms with Crippen molar-refractivity contribution in [3.05, 3.63) is 55.3 Å². The minimum absolute atomic E-state index is 0.397. The minimum atomic E-state index is -0.397. The Morgan fingerprint density at radius 2 is 1.88 bits per heavy atom. The number of hydrogen-bond donors (Lipinski definition) is 1. The van der Waals surface area contributed by atoms with Gasteiger partial charge in [0.05, 0.1) is 6.10 Å². The van der Waals surface area contributed by atoms with Gasteiger partial charge in [-0.1, -0.05) is 25.1 Å². The summed E-state index contributed by atoms with van der Waals surface area (Å²) in [7, 11) is 0. The van der Waals surface area contributed by atoms with E-state index in [1.54, 1.807) is 11.3 Å². The van der Waals surface area contributed by atoms with Gasteiger partial charge in [-0.25, -0.2) is 0 Å². The second-order valence-corrected chi connectivity index (χ2v) is 6.38. The Hall–Kier alpha value is -0.390. The molecule has 0 saturated heterocycles. The molecule has 3 heteroatoms. The van der Waals surface area contributed by atoms with Crippen molar-refractivity contribution in [2.24, 2.45) is 0 Å². The van der Waals surface area contributed by atoms with E-state index in [2.05, 4.69) is 41.6 Å². The molecular weight excluding hydrogens is 343 g/mol. The summed E-state index contributed by atoms with van der Waals surface area (Å²) in [6.07, 6.45) is 1.39. The van der Waals surface area contributed by atoms with Crippen LogP contribution in [0.1, 0.15) is 28.3 Å². The fraction of sp³-hybridized carbons (Fsp3) is 0.286. The molecule has 1 nitrogen and oxygen atoms in total. The zero-order chi connectivity index (χ0) is 12.3. The second kappa shape index (κ2) is 5.98. The van der Waals surface area contributed by atoms with Gasteiger partial charge < -0.3 is 5.11 Å². The van der Waals surface area contributed by atoms with Gasteiger partial charge in [0.2, 0.25) is 0 Å². The van der Waals surface area contributed by atoms with Gasteiger partial charge in [0.25, 0.3) is 0 Å². The fourth-order valence-electron chi connectivity index (χ4n) is 1.77. The van der Waals surface area contributed by atoms with Crippen LogP contribution in [-0.4, -0.2) is 5.11 Å². The van der Waals surface area contributed by atoms with Crippen LogP contribution in [0.15, 0.2) is 36.4 Å². The average molecular weight is 358 g/mol. The largest absolute Gasteiger partial charge is 0.388 e. The molecule has 0 spiro atoms. The summed E-state index contributed by atoms with van der Waals surface area (Å²) in [6.45, 7) is 2.16. The van der Waals surface area contributed by atoms with Crippen LogP contribution >= 0.6 is 33.9 Å². The van der Waals surface area contributed by atoms with Crippen molar-refractivity contribution >= 4 is 33.9 Å². The lowest BCUT2D eigenvalue weighted by Crippen LogP contribution is -2.02. The number of aliphatic hydroxyl groups excluding tert-OH is 1. The van der Waals surface area contributed by atoms with E-state index in [0.29, 0.717) is 6.42 Å². The van der Waals surface area contributed by atoms with Crippen LogP contribution in [0.2, 0.25) is 0 Å². The normalized spacial score (nSPS) is 12.6. The van der Waals surface area contributed by atoms with Gasteiger partial charge in [-0.15, -0.1) is 11.3 Å². The SMILES string of the molecule is CCc1ccc(CC(O)c2ccccc2I)s1. The quantitative estimate of drug-likeness (QED) is 0.813. The molecule has 0 saturated carbocycles. The van der Waals surface area contributed by atoms with E-state index in [1.807, 2.05) is 24.3 Å². The Labute approximate surface area is 120 Å². The monoisotopic (exact) mass is 358 g/mol.